The molecule has 0 aliphatic carbocycles. The number of ether oxygens (including phenoxy) is 1. The van der Waals surface area contributed by atoms with Crippen molar-refractivity contribution in [1.82, 2.24) is 0 Å². The van der Waals surface area contributed by atoms with E-state index in [1.807, 2.05) is 59.1 Å². The topological polar surface area (TPSA) is 29.5 Å². The van der Waals surface area contributed by atoms with E-state index in [9.17, 15) is 4.79 Å². The summed E-state index contributed by atoms with van der Waals surface area (Å²) in [4.78, 5) is 16.2. The zero-order valence-corrected chi connectivity index (χ0v) is 13.9. The molecule has 2 aromatic carbocycles. The second kappa shape index (κ2) is 5.93. The molecule has 0 N–H and O–H groups in total. The van der Waals surface area contributed by atoms with Crippen LogP contribution in [0.25, 0.3) is 0 Å². The summed E-state index contributed by atoms with van der Waals surface area (Å²) >= 11 is 1.85. The first-order valence-electron chi connectivity index (χ1n) is 8.04. The molecule has 0 bridgehead atoms. The molecule has 0 spiro atoms. The summed E-state index contributed by atoms with van der Waals surface area (Å²) in [7, 11) is 0. The van der Waals surface area contributed by atoms with Gasteiger partial charge in [-0.2, -0.15) is 0 Å². The molecule has 0 aromatic heterocycles. The van der Waals surface area contributed by atoms with Crippen molar-refractivity contribution in [3.05, 3.63) is 54.1 Å². The second-order valence-corrected chi connectivity index (χ2v) is 7.57. The molecular weight excluding hydrogens is 306 g/mol. The maximum atomic E-state index is 13.1. The van der Waals surface area contributed by atoms with Crippen molar-refractivity contribution in [1.29, 1.82) is 0 Å². The number of nitrogens with zero attached hydrogens (tertiary/aromatic N) is 1. The monoisotopic (exact) mass is 325 g/mol. The van der Waals surface area contributed by atoms with Gasteiger partial charge in [0, 0.05) is 23.1 Å². The molecule has 2 heterocycles. The van der Waals surface area contributed by atoms with Crippen molar-refractivity contribution in [2.45, 2.75) is 36.0 Å². The highest BCUT2D eigenvalue weighted by molar-refractivity contribution is 8.00. The highest BCUT2D eigenvalue weighted by Gasteiger charge is 2.34. The highest BCUT2D eigenvalue weighted by atomic mass is 32.2. The summed E-state index contributed by atoms with van der Waals surface area (Å²) in [5.41, 5.74) is 2.14. The van der Waals surface area contributed by atoms with E-state index >= 15 is 0 Å². The summed E-state index contributed by atoms with van der Waals surface area (Å²) < 4.78 is 5.91. The lowest BCUT2D eigenvalue weighted by Crippen LogP contribution is -2.42. The Hall–Kier alpha value is -1.94. The fourth-order valence-electron chi connectivity index (χ4n) is 3.21. The number of amides is 1. The van der Waals surface area contributed by atoms with Crippen molar-refractivity contribution in [3.8, 4) is 5.75 Å². The third-order valence-electron chi connectivity index (χ3n) is 4.43. The zero-order valence-electron chi connectivity index (χ0n) is 13.1. The Kier molecular flexibility index (Phi) is 3.77. The predicted molar refractivity (Wildman–Crippen MR) is 93.3 cm³/mol. The molecule has 0 radical (unpaired) electrons. The number of thioether (sulfide) groups is 1. The Labute approximate surface area is 140 Å². The number of carbonyl (C=O) groups is 1. The Morgan fingerprint density at radius 3 is 2.83 bits per heavy atom. The standard InChI is InChI=1S/C19H19NO2S/c1-13-10-11-20(15-7-3-5-9-18(15)23-13)19(21)17-12-14-6-2-4-8-16(14)22-17/h2-9,13,17H,10-12H2,1H3/t13-,17+/m0/s1. The van der Waals surface area contributed by atoms with Gasteiger partial charge in [-0.05, 0) is 30.2 Å². The van der Waals surface area contributed by atoms with Crippen LogP contribution in [0.4, 0.5) is 5.69 Å². The average Bonchev–Trinajstić information content (AvgIpc) is 2.92. The van der Waals surface area contributed by atoms with Gasteiger partial charge < -0.3 is 9.64 Å². The molecule has 0 saturated carbocycles. The largest absolute Gasteiger partial charge is 0.480 e. The van der Waals surface area contributed by atoms with Crippen LogP contribution < -0.4 is 9.64 Å². The van der Waals surface area contributed by atoms with Crippen LogP contribution >= 0.6 is 11.8 Å². The Bertz CT molecular complexity index is 721. The van der Waals surface area contributed by atoms with Crippen LogP contribution in [-0.2, 0) is 11.2 Å². The lowest BCUT2D eigenvalue weighted by Gasteiger charge is -2.25. The third kappa shape index (κ3) is 2.72. The molecule has 0 saturated heterocycles. The zero-order chi connectivity index (χ0) is 15.8. The normalized spacial score (nSPS) is 22.7. The summed E-state index contributed by atoms with van der Waals surface area (Å²) in [6.07, 6.45) is 1.25. The third-order valence-corrected chi connectivity index (χ3v) is 5.67. The number of hydrogen-bond acceptors (Lipinski definition) is 3. The number of hydrogen-bond donors (Lipinski definition) is 0. The number of rotatable bonds is 1. The average molecular weight is 325 g/mol. The maximum Gasteiger partial charge on any atom is 0.268 e. The minimum atomic E-state index is -0.404. The van der Waals surface area contributed by atoms with E-state index in [-0.39, 0.29) is 5.91 Å². The lowest BCUT2D eigenvalue weighted by atomic mass is 10.1. The van der Waals surface area contributed by atoms with Crippen LogP contribution in [0, 0.1) is 0 Å². The Balaban J connectivity index is 1.62. The van der Waals surface area contributed by atoms with Gasteiger partial charge in [-0.1, -0.05) is 37.3 Å². The van der Waals surface area contributed by atoms with E-state index in [1.54, 1.807) is 0 Å². The molecular formula is C19H19NO2S. The van der Waals surface area contributed by atoms with E-state index in [0.29, 0.717) is 11.7 Å². The van der Waals surface area contributed by atoms with Gasteiger partial charge in [0.15, 0.2) is 6.10 Å². The number of para-hydroxylation sites is 2. The number of fused-ring (bicyclic) bond motifs is 2. The summed E-state index contributed by atoms with van der Waals surface area (Å²) in [6, 6.07) is 16.1. The molecule has 23 heavy (non-hydrogen) atoms. The fourth-order valence-corrected chi connectivity index (χ4v) is 4.32. The van der Waals surface area contributed by atoms with Gasteiger partial charge in [-0.15, -0.1) is 11.8 Å². The summed E-state index contributed by atoms with van der Waals surface area (Å²) in [5, 5.41) is 0.510. The first kappa shape index (κ1) is 14.6. The van der Waals surface area contributed by atoms with Gasteiger partial charge in [-0.3, -0.25) is 4.79 Å². The van der Waals surface area contributed by atoms with Gasteiger partial charge in [0.2, 0.25) is 0 Å². The molecule has 0 fully saturated rings. The van der Waals surface area contributed by atoms with Gasteiger partial charge >= 0.3 is 0 Å². The van der Waals surface area contributed by atoms with Crippen molar-refractivity contribution >= 4 is 23.4 Å². The molecule has 1 amide bonds. The van der Waals surface area contributed by atoms with E-state index < -0.39 is 6.10 Å². The minimum Gasteiger partial charge on any atom is -0.480 e. The van der Waals surface area contributed by atoms with Crippen molar-refractivity contribution in [2.24, 2.45) is 0 Å². The SMILES string of the molecule is C[C@H]1CCN(C(=O)[C@H]2Cc3ccccc3O2)c2ccccc2S1. The number of carbonyl (C=O) groups excluding carboxylic acids is 1. The Morgan fingerprint density at radius 2 is 1.96 bits per heavy atom. The van der Waals surface area contributed by atoms with Crippen molar-refractivity contribution in [3.63, 3.8) is 0 Å². The van der Waals surface area contributed by atoms with Gasteiger partial charge in [0.05, 0.1) is 5.69 Å². The van der Waals surface area contributed by atoms with Crippen LogP contribution in [-0.4, -0.2) is 23.8 Å². The minimum absolute atomic E-state index is 0.0725. The molecule has 4 heteroatoms. The first-order valence-corrected chi connectivity index (χ1v) is 8.92. The Morgan fingerprint density at radius 1 is 1.17 bits per heavy atom. The van der Waals surface area contributed by atoms with E-state index in [4.69, 9.17) is 4.74 Å². The van der Waals surface area contributed by atoms with Crippen LogP contribution in [0.3, 0.4) is 0 Å². The summed E-state index contributed by atoms with van der Waals surface area (Å²) in [6.45, 7) is 2.97. The number of benzene rings is 2. The molecule has 2 atom stereocenters. The van der Waals surface area contributed by atoms with Crippen LogP contribution in [0.1, 0.15) is 18.9 Å². The molecule has 2 aliphatic heterocycles. The van der Waals surface area contributed by atoms with Crippen molar-refractivity contribution < 1.29 is 9.53 Å². The molecule has 2 aromatic rings. The van der Waals surface area contributed by atoms with Gasteiger partial charge in [0.25, 0.3) is 5.91 Å². The highest BCUT2D eigenvalue weighted by Crippen LogP contribution is 2.38. The second-order valence-electron chi connectivity index (χ2n) is 6.09. The molecule has 4 rings (SSSR count). The first-order chi connectivity index (χ1) is 11.2. The van der Waals surface area contributed by atoms with E-state index in [2.05, 4.69) is 13.0 Å². The van der Waals surface area contributed by atoms with Gasteiger partial charge in [0.1, 0.15) is 5.75 Å². The maximum absolute atomic E-state index is 13.1. The van der Waals surface area contributed by atoms with Crippen LogP contribution in [0.2, 0.25) is 0 Å². The molecule has 3 nitrogen and oxygen atoms in total. The lowest BCUT2D eigenvalue weighted by molar-refractivity contribution is -0.124. The van der Waals surface area contributed by atoms with Crippen molar-refractivity contribution in [2.75, 3.05) is 11.4 Å². The molecule has 118 valence electrons. The predicted octanol–water partition coefficient (Wildman–Crippen LogP) is 3.91. The van der Waals surface area contributed by atoms with Gasteiger partial charge in [-0.25, -0.2) is 0 Å². The molecule has 0 unspecified atom stereocenters. The fraction of sp³-hybridized carbons (Fsp3) is 0.316. The smallest absolute Gasteiger partial charge is 0.268 e. The quantitative estimate of drug-likeness (QED) is 0.796. The number of anilines is 1. The van der Waals surface area contributed by atoms with E-state index in [0.717, 1.165) is 30.0 Å². The van der Waals surface area contributed by atoms with Crippen LogP contribution in [0.5, 0.6) is 5.75 Å². The van der Waals surface area contributed by atoms with E-state index in [1.165, 1.54) is 4.90 Å². The van der Waals surface area contributed by atoms with Crippen LogP contribution in [0.15, 0.2) is 53.4 Å². The molecule has 2 aliphatic rings. The summed E-state index contributed by atoms with van der Waals surface area (Å²) in [5.74, 6) is 0.917.